The van der Waals surface area contributed by atoms with Crippen LogP contribution in [0.2, 0.25) is 10.0 Å². The Kier molecular flexibility index (Phi) is 5.58. The number of rotatable bonds is 5. The Hall–Kier alpha value is -2.70. The van der Waals surface area contributed by atoms with Crippen molar-refractivity contribution < 1.29 is 23.5 Å². The van der Waals surface area contributed by atoms with Gasteiger partial charge in [-0.15, -0.1) is 0 Å². The molecule has 8 heteroatoms. The molecule has 3 rings (SSSR count). The second kappa shape index (κ2) is 7.90. The van der Waals surface area contributed by atoms with Gasteiger partial charge in [0.1, 0.15) is 11.3 Å². The van der Waals surface area contributed by atoms with Crippen molar-refractivity contribution in [3.63, 3.8) is 0 Å². The normalized spacial score (nSPS) is 10.7. The molecule has 0 saturated carbocycles. The predicted molar refractivity (Wildman–Crippen MR) is 103 cm³/mol. The molecular weight excluding hydrogens is 393 g/mol. The highest BCUT2D eigenvalue weighted by atomic mass is 35.5. The molecule has 0 aliphatic rings. The highest BCUT2D eigenvalue weighted by molar-refractivity contribution is 6.39. The summed E-state index contributed by atoms with van der Waals surface area (Å²) in [4.78, 5) is 24.3. The summed E-state index contributed by atoms with van der Waals surface area (Å²) in [5.74, 6) is -0.652. The van der Waals surface area contributed by atoms with E-state index in [0.717, 1.165) is 5.39 Å². The van der Waals surface area contributed by atoms with Gasteiger partial charge in [0, 0.05) is 10.9 Å². The number of ether oxygens (including phenoxy) is 2. The summed E-state index contributed by atoms with van der Waals surface area (Å²) >= 11 is 12.0. The van der Waals surface area contributed by atoms with E-state index < -0.39 is 18.5 Å². The van der Waals surface area contributed by atoms with Crippen LogP contribution in [0.4, 0.5) is 5.69 Å². The summed E-state index contributed by atoms with van der Waals surface area (Å²) in [7, 11) is 1.55. The highest BCUT2D eigenvalue weighted by Crippen LogP contribution is 2.30. The molecule has 1 N–H and O–H groups in total. The van der Waals surface area contributed by atoms with Crippen LogP contribution in [0.25, 0.3) is 11.0 Å². The Bertz CT molecular complexity index is 1010. The molecule has 1 heterocycles. The van der Waals surface area contributed by atoms with Crippen molar-refractivity contribution in [1.29, 1.82) is 0 Å². The fraction of sp³-hybridized carbons (Fsp3) is 0.158. The minimum absolute atomic E-state index is 0.0295. The molecular formula is C19H15Cl2NO5. The molecule has 6 nitrogen and oxygen atoms in total. The maximum Gasteiger partial charge on any atom is 0.375 e. The predicted octanol–water partition coefficient (Wildman–Crippen LogP) is 4.85. The maximum absolute atomic E-state index is 12.3. The molecule has 0 saturated heterocycles. The SMILES string of the molecule is COc1ccc2oc(C(=O)OCC(=O)Nc3c(Cl)cccc3Cl)c(C)c2c1. The second-order valence-electron chi connectivity index (χ2n) is 5.64. The minimum Gasteiger partial charge on any atom is -0.497 e. The summed E-state index contributed by atoms with van der Waals surface area (Å²) in [6, 6.07) is 10.0. The number of furan rings is 1. The summed E-state index contributed by atoms with van der Waals surface area (Å²) in [5, 5.41) is 3.81. The van der Waals surface area contributed by atoms with E-state index in [0.29, 0.717) is 16.9 Å². The number of esters is 1. The van der Waals surface area contributed by atoms with E-state index in [1.54, 1.807) is 50.4 Å². The van der Waals surface area contributed by atoms with Crippen LogP contribution in [-0.4, -0.2) is 25.6 Å². The summed E-state index contributed by atoms with van der Waals surface area (Å²) < 4.78 is 15.8. The first-order valence-corrected chi connectivity index (χ1v) is 8.64. The van der Waals surface area contributed by atoms with Crippen molar-refractivity contribution in [3.05, 3.63) is 57.8 Å². The minimum atomic E-state index is -0.747. The van der Waals surface area contributed by atoms with E-state index in [4.69, 9.17) is 37.1 Å². The van der Waals surface area contributed by atoms with Crippen LogP contribution in [0.1, 0.15) is 16.1 Å². The third kappa shape index (κ3) is 4.02. The summed E-state index contributed by atoms with van der Waals surface area (Å²) in [6.07, 6.45) is 0. The number of amides is 1. The fourth-order valence-corrected chi connectivity index (χ4v) is 3.00. The zero-order valence-corrected chi connectivity index (χ0v) is 16.0. The van der Waals surface area contributed by atoms with Crippen molar-refractivity contribution in [2.45, 2.75) is 6.92 Å². The zero-order valence-electron chi connectivity index (χ0n) is 14.5. The molecule has 0 aliphatic carbocycles. The molecule has 3 aromatic rings. The third-order valence-electron chi connectivity index (χ3n) is 3.89. The van der Waals surface area contributed by atoms with Gasteiger partial charge in [-0.25, -0.2) is 4.79 Å². The number of anilines is 1. The van der Waals surface area contributed by atoms with Gasteiger partial charge in [0.2, 0.25) is 5.76 Å². The average molecular weight is 408 g/mol. The number of halogens is 2. The standard InChI is InChI=1S/C19H15Cl2NO5/c1-10-12-8-11(25-2)6-7-15(12)27-18(10)19(24)26-9-16(23)22-17-13(20)4-3-5-14(17)21/h3-8H,9H2,1-2H3,(H,22,23). The quantitative estimate of drug-likeness (QED) is 0.611. The molecule has 0 spiro atoms. The van der Waals surface area contributed by atoms with Gasteiger partial charge in [-0.2, -0.15) is 0 Å². The Balaban J connectivity index is 1.70. The number of nitrogens with one attached hydrogen (secondary N) is 1. The molecule has 1 amide bonds. The largest absolute Gasteiger partial charge is 0.497 e. The first kappa shape index (κ1) is 19.1. The van der Waals surface area contributed by atoms with Gasteiger partial charge < -0.3 is 19.2 Å². The van der Waals surface area contributed by atoms with Gasteiger partial charge in [0.25, 0.3) is 5.91 Å². The smallest absolute Gasteiger partial charge is 0.375 e. The Morgan fingerprint density at radius 1 is 1.15 bits per heavy atom. The lowest BCUT2D eigenvalue weighted by atomic mass is 10.1. The van der Waals surface area contributed by atoms with Crippen LogP contribution in [0, 0.1) is 6.92 Å². The molecule has 27 heavy (non-hydrogen) atoms. The first-order chi connectivity index (χ1) is 12.9. The van der Waals surface area contributed by atoms with E-state index in [1.807, 2.05) is 0 Å². The average Bonchev–Trinajstić information content (AvgIpc) is 2.99. The summed E-state index contributed by atoms with van der Waals surface area (Å²) in [5.41, 5.74) is 1.38. The molecule has 2 aromatic carbocycles. The second-order valence-corrected chi connectivity index (χ2v) is 6.45. The van der Waals surface area contributed by atoms with E-state index in [1.165, 1.54) is 0 Å². The van der Waals surface area contributed by atoms with Crippen molar-refractivity contribution >= 4 is 51.7 Å². The number of para-hydroxylation sites is 1. The van der Waals surface area contributed by atoms with Crippen LogP contribution in [-0.2, 0) is 9.53 Å². The number of benzene rings is 2. The van der Waals surface area contributed by atoms with Crippen molar-refractivity contribution in [3.8, 4) is 5.75 Å². The number of methoxy groups -OCH3 is 1. The van der Waals surface area contributed by atoms with Crippen molar-refractivity contribution in [2.75, 3.05) is 19.0 Å². The van der Waals surface area contributed by atoms with Crippen LogP contribution >= 0.6 is 23.2 Å². The zero-order chi connectivity index (χ0) is 19.6. The molecule has 0 bridgehead atoms. The number of carbonyl (C=O) groups is 2. The van der Waals surface area contributed by atoms with Crippen LogP contribution < -0.4 is 10.1 Å². The van der Waals surface area contributed by atoms with E-state index in [-0.39, 0.29) is 21.5 Å². The summed E-state index contributed by atoms with van der Waals surface area (Å²) in [6.45, 7) is 1.21. The van der Waals surface area contributed by atoms with Gasteiger partial charge in [0.05, 0.1) is 22.8 Å². The van der Waals surface area contributed by atoms with Crippen LogP contribution in [0.15, 0.2) is 40.8 Å². The number of hydrogen-bond acceptors (Lipinski definition) is 5. The molecule has 1 aromatic heterocycles. The number of carbonyl (C=O) groups excluding carboxylic acids is 2. The topological polar surface area (TPSA) is 77.8 Å². The van der Waals surface area contributed by atoms with Gasteiger partial charge in [-0.1, -0.05) is 29.3 Å². The van der Waals surface area contributed by atoms with Crippen molar-refractivity contribution in [1.82, 2.24) is 0 Å². The van der Waals surface area contributed by atoms with Gasteiger partial charge in [-0.3, -0.25) is 4.79 Å². The lowest BCUT2D eigenvalue weighted by molar-refractivity contribution is -0.119. The van der Waals surface area contributed by atoms with Crippen LogP contribution in [0.5, 0.6) is 5.75 Å². The fourth-order valence-electron chi connectivity index (χ4n) is 2.51. The van der Waals surface area contributed by atoms with E-state index in [2.05, 4.69) is 5.32 Å². The van der Waals surface area contributed by atoms with E-state index in [9.17, 15) is 9.59 Å². The van der Waals surface area contributed by atoms with Gasteiger partial charge in [-0.05, 0) is 37.3 Å². The lowest BCUT2D eigenvalue weighted by Crippen LogP contribution is -2.21. The number of aryl methyl sites for hydroxylation is 1. The van der Waals surface area contributed by atoms with Gasteiger partial charge in [0.15, 0.2) is 6.61 Å². The molecule has 0 fully saturated rings. The first-order valence-electron chi connectivity index (χ1n) is 7.89. The Labute approximate surface area is 164 Å². The molecule has 0 unspecified atom stereocenters. The van der Waals surface area contributed by atoms with Crippen LogP contribution in [0.3, 0.4) is 0 Å². The molecule has 0 radical (unpaired) electrons. The van der Waals surface area contributed by atoms with Crippen molar-refractivity contribution in [2.24, 2.45) is 0 Å². The maximum atomic E-state index is 12.3. The van der Waals surface area contributed by atoms with E-state index >= 15 is 0 Å². The lowest BCUT2D eigenvalue weighted by Gasteiger charge is -2.09. The highest BCUT2D eigenvalue weighted by Gasteiger charge is 2.21. The Morgan fingerprint density at radius 2 is 1.85 bits per heavy atom. The Morgan fingerprint density at radius 3 is 2.52 bits per heavy atom. The molecule has 0 atom stereocenters. The number of hydrogen-bond donors (Lipinski definition) is 1. The third-order valence-corrected chi connectivity index (χ3v) is 4.52. The van der Waals surface area contributed by atoms with Gasteiger partial charge >= 0.3 is 5.97 Å². The molecule has 140 valence electrons. The number of fused-ring (bicyclic) bond motifs is 1. The molecule has 0 aliphatic heterocycles. The monoisotopic (exact) mass is 407 g/mol.